The van der Waals surface area contributed by atoms with Gasteiger partial charge in [-0.2, -0.15) is 0 Å². The topological polar surface area (TPSA) is 61.0 Å². The van der Waals surface area contributed by atoms with Crippen molar-refractivity contribution in [1.82, 2.24) is 15.0 Å². The van der Waals surface area contributed by atoms with E-state index in [1.165, 1.54) is 0 Å². The van der Waals surface area contributed by atoms with Crippen LogP contribution in [0.1, 0.15) is 25.0 Å². The van der Waals surface area contributed by atoms with Crippen molar-refractivity contribution < 1.29 is 9.15 Å². The van der Waals surface area contributed by atoms with Crippen molar-refractivity contribution in [3.05, 3.63) is 126 Å². The Kier molecular flexibility index (Phi) is 5.10. The van der Waals surface area contributed by atoms with E-state index in [2.05, 4.69) is 50.2 Å². The van der Waals surface area contributed by atoms with Gasteiger partial charge >= 0.3 is 0 Å². The van der Waals surface area contributed by atoms with E-state index in [9.17, 15) is 0 Å². The second-order valence-corrected chi connectivity index (χ2v) is 10.9. The lowest BCUT2D eigenvalue weighted by Gasteiger charge is -2.34. The fraction of sp³-hybridized carbons (Fsp3) is 0.0833. The monoisotopic (exact) mass is 531 g/mol. The van der Waals surface area contributed by atoms with Gasteiger partial charge in [-0.25, -0.2) is 15.0 Å². The molecule has 2 aromatic heterocycles. The average molecular weight is 532 g/mol. The molecular weight excluding hydrogens is 506 g/mol. The van der Waals surface area contributed by atoms with Gasteiger partial charge in [-0.05, 0) is 42.5 Å². The zero-order chi connectivity index (χ0) is 27.6. The van der Waals surface area contributed by atoms with Crippen LogP contribution in [0.25, 0.3) is 56.1 Å². The number of hydrogen-bond acceptors (Lipinski definition) is 5. The van der Waals surface area contributed by atoms with E-state index >= 15 is 0 Å². The van der Waals surface area contributed by atoms with Crippen LogP contribution in [0.4, 0.5) is 0 Å². The molecule has 8 rings (SSSR count). The Morgan fingerprint density at radius 2 is 1.10 bits per heavy atom. The summed E-state index contributed by atoms with van der Waals surface area (Å²) >= 11 is 0. The normalized spacial score (nSPS) is 13.5. The molecule has 0 radical (unpaired) electrons. The van der Waals surface area contributed by atoms with E-state index < -0.39 is 0 Å². The summed E-state index contributed by atoms with van der Waals surface area (Å²) in [4.78, 5) is 14.9. The quantitative estimate of drug-likeness (QED) is 0.227. The molecule has 7 aromatic rings. The Labute approximate surface area is 237 Å². The molecule has 0 saturated carbocycles. The molecule has 0 spiro atoms. The Morgan fingerprint density at radius 3 is 1.93 bits per heavy atom. The zero-order valence-corrected chi connectivity index (χ0v) is 22.6. The first kappa shape index (κ1) is 23.6. The van der Waals surface area contributed by atoms with Crippen LogP contribution in [0, 0.1) is 0 Å². The van der Waals surface area contributed by atoms with Gasteiger partial charge in [0, 0.05) is 44.0 Å². The van der Waals surface area contributed by atoms with E-state index in [4.69, 9.17) is 24.1 Å². The summed E-state index contributed by atoms with van der Waals surface area (Å²) in [6, 6.07) is 38.7. The van der Waals surface area contributed by atoms with Gasteiger partial charge in [0.2, 0.25) is 0 Å². The number of benzene rings is 5. The molecular formula is C36H25N3O2. The van der Waals surface area contributed by atoms with Gasteiger partial charge in [0.05, 0.1) is 0 Å². The smallest absolute Gasteiger partial charge is 0.164 e. The summed E-state index contributed by atoms with van der Waals surface area (Å²) in [6.07, 6.45) is 0. The highest BCUT2D eigenvalue weighted by molar-refractivity contribution is 6.05. The summed E-state index contributed by atoms with van der Waals surface area (Å²) in [6.45, 7) is 4.46. The zero-order valence-electron chi connectivity index (χ0n) is 22.6. The van der Waals surface area contributed by atoms with E-state index in [1.807, 2.05) is 78.9 Å². The SMILES string of the molecule is CC1(C)c2ccccc2Oc2ccc(-c3nc(-c4ccccc4)nc(-c4ccc5c(c4)oc4ccccc45)n3)cc21. The summed E-state index contributed by atoms with van der Waals surface area (Å²) in [5, 5.41) is 2.16. The maximum absolute atomic E-state index is 6.29. The van der Waals surface area contributed by atoms with Crippen molar-refractivity contribution in [2.75, 3.05) is 0 Å². The van der Waals surface area contributed by atoms with E-state index in [1.54, 1.807) is 0 Å². The van der Waals surface area contributed by atoms with Crippen molar-refractivity contribution in [2.45, 2.75) is 19.3 Å². The molecule has 0 aliphatic carbocycles. The highest BCUT2D eigenvalue weighted by Gasteiger charge is 2.34. The molecule has 0 fully saturated rings. The van der Waals surface area contributed by atoms with Crippen LogP contribution in [-0.4, -0.2) is 15.0 Å². The molecule has 0 unspecified atom stereocenters. The summed E-state index contributed by atoms with van der Waals surface area (Å²) in [5.74, 6) is 3.57. The fourth-order valence-corrected chi connectivity index (χ4v) is 5.80. The highest BCUT2D eigenvalue weighted by Crippen LogP contribution is 2.48. The van der Waals surface area contributed by atoms with Gasteiger partial charge in [0.15, 0.2) is 17.5 Å². The van der Waals surface area contributed by atoms with Crippen molar-refractivity contribution >= 4 is 21.9 Å². The second-order valence-electron chi connectivity index (χ2n) is 10.9. The lowest BCUT2D eigenvalue weighted by Crippen LogP contribution is -2.24. The molecule has 5 aromatic carbocycles. The minimum atomic E-state index is -0.245. The van der Waals surface area contributed by atoms with E-state index in [-0.39, 0.29) is 5.41 Å². The number of hydrogen-bond donors (Lipinski definition) is 0. The van der Waals surface area contributed by atoms with Gasteiger partial charge in [-0.1, -0.05) is 86.6 Å². The Hall–Kier alpha value is -5.29. The molecule has 3 heterocycles. The molecule has 0 saturated heterocycles. The third kappa shape index (κ3) is 3.81. The Morgan fingerprint density at radius 1 is 0.488 bits per heavy atom. The minimum absolute atomic E-state index is 0.245. The maximum Gasteiger partial charge on any atom is 0.164 e. The van der Waals surface area contributed by atoms with Crippen molar-refractivity contribution in [1.29, 1.82) is 0 Å². The average Bonchev–Trinajstić information content (AvgIpc) is 3.39. The minimum Gasteiger partial charge on any atom is -0.457 e. The highest BCUT2D eigenvalue weighted by atomic mass is 16.5. The largest absolute Gasteiger partial charge is 0.457 e. The first-order valence-electron chi connectivity index (χ1n) is 13.7. The van der Waals surface area contributed by atoms with Gasteiger partial charge < -0.3 is 9.15 Å². The molecule has 1 aliphatic rings. The van der Waals surface area contributed by atoms with Crippen molar-refractivity contribution in [2.24, 2.45) is 0 Å². The number of nitrogens with zero attached hydrogens (tertiary/aromatic N) is 3. The molecule has 0 atom stereocenters. The standard InChI is InChI=1S/C36H25N3O2/c1-36(2)27-13-7-9-15-30(27)41-31-19-17-23(20-28(31)36)34-37-33(22-10-4-3-5-11-22)38-35(39-34)24-16-18-26-25-12-6-8-14-29(25)40-32(26)21-24/h3-21H,1-2H3. The summed E-state index contributed by atoms with van der Waals surface area (Å²) < 4.78 is 12.5. The maximum atomic E-state index is 6.29. The number of ether oxygens (including phenoxy) is 1. The van der Waals surface area contributed by atoms with Crippen LogP contribution >= 0.6 is 0 Å². The summed E-state index contributed by atoms with van der Waals surface area (Å²) in [7, 11) is 0. The van der Waals surface area contributed by atoms with Gasteiger partial charge in [-0.15, -0.1) is 0 Å². The third-order valence-corrected chi connectivity index (χ3v) is 8.00. The van der Waals surface area contributed by atoms with E-state index in [0.717, 1.165) is 61.3 Å². The van der Waals surface area contributed by atoms with Crippen LogP contribution in [0.5, 0.6) is 11.5 Å². The van der Waals surface area contributed by atoms with Gasteiger partial charge in [-0.3, -0.25) is 0 Å². The lowest BCUT2D eigenvalue weighted by molar-refractivity contribution is 0.418. The molecule has 5 nitrogen and oxygen atoms in total. The number of fused-ring (bicyclic) bond motifs is 5. The number of aromatic nitrogens is 3. The number of rotatable bonds is 3. The van der Waals surface area contributed by atoms with Gasteiger partial charge in [0.1, 0.15) is 22.7 Å². The second kappa shape index (κ2) is 8.86. The molecule has 0 N–H and O–H groups in total. The van der Waals surface area contributed by atoms with Crippen LogP contribution in [0.2, 0.25) is 0 Å². The molecule has 41 heavy (non-hydrogen) atoms. The first-order chi connectivity index (χ1) is 20.0. The lowest BCUT2D eigenvalue weighted by atomic mass is 9.75. The molecule has 5 heteroatoms. The molecule has 1 aliphatic heterocycles. The third-order valence-electron chi connectivity index (χ3n) is 8.00. The van der Waals surface area contributed by atoms with Crippen LogP contribution in [0.3, 0.4) is 0 Å². The van der Waals surface area contributed by atoms with Crippen LogP contribution < -0.4 is 4.74 Å². The first-order valence-corrected chi connectivity index (χ1v) is 13.7. The predicted octanol–water partition coefficient (Wildman–Crippen LogP) is 9.20. The Balaban J connectivity index is 1.30. The predicted molar refractivity (Wildman–Crippen MR) is 162 cm³/mol. The Bertz CT molecular complexity index is 2110. The fourth-order valence-electron chi connectivity index (χ4n) is 5.80. The molecule has 0 bridgehead atoms. The molecule has 196 valence electrons. The van der Waals surface area contributed by atoms with Gasteiger partial charge in [0.25, 0.3) is 0 Å². The van der Waals surface area contributed by atoms with Crippen LogP contribution in [0.15, 0.2) is 120 Å². The van der Waals surface area contributed by atoms with E-state index in [0.29, 0.717) is 17.5 Å². The number of furan rings is 1. The van der Waals surface area contributed by atoms with Crippen molar-refractivity contribution in [3.63, 3.8) is 0 Å². The van der Waals surface area contributed by atoms with Crippen molar-refractivity contribution in [3.8, 4) is 45.7 Å². The number of para-hydroxylation sites is 2. The molecule has 0 amide bonds. The van der Waals surface area contributed by atoms with Crippen LogP contribution in [-0.2, 0) is 5.41 Å². The summed E-state index contributed by atoms with van der Waals surface area (Å²) in [5.41, 5.74) is 6.38.